The molecule has 1 unspecified atom stereocenters. The lowest BCUT2D eigenvalue weighted by Crippen LogP contribution is -2.31. The predicted octanol–water partition coefficient (Wildman–Crippen LogP) is 3.10. The number of carbonyl (C=O) groups excluding carboxylic acids is 2. The SMILES string of the molecule is Cl.O=C1CC(C(=O)Nc2ccc3c(c2F)CCNC3)c2ccc(F)cc2N1. The molecule has 0 aromatic heterocycles. The van der Waals surface area contributed by atoms with E-state index < -0.39 is 23.5 Å². The number of amides is 2. The number of nitrogens with one attached hydrogen (secondary N) is 3. The van der Waals surface area contributed by atoms with E-state index >= 15 is 0 Å². The van der Waals surface area contributed by atoms with E-state index in [0.29, 0.717) is 30.6 Å². The maximum absolute atomic E-state index is 14.7. The number of carbonyl (C=O) groups is 2. The van der Waals surface area contributed by atoms with E-state index in [1.165, 1.54) is 24.3 Å². The molecule has 3 N–H and O–H groups in total. The third kappa shape index (κ3) is 3.65. The van der Waals surface area contributed by atoms with Gasteiger partial charge in [-0.1, -0.05) is 12.1 Å². The Morgan fingerprint density at radius 1 is 1.19 bits per heavy atom. The van der Waals surface area contributed by atoms with Gasteiger partial charge in [-0.25, -0.2) is 8.78 Å². The molecule has 4 rings (SSSR count). The van der Waals surface area contributed by atoms with Crippen molar-refractivity contribution in [3.05, 3.63) is 58.7 Å². The van der Waals surface area contributed by atoms with Crippen LogP contribution in [-0.2, 0) is 22.6 Å². The smallest absolute Gasteiger partial charge is 0.232 e. The Kier molecular flexibility index (Phi) is 5.43. The van der Waals surface area contributed by atoms with Crippen LogP contribution in [0, 0.1) is 11.6 Å². The number of rotatable bonds is 2. The Bertz CT molecular complexity index is 920. The van der Waals surface area contributed by atoms with Gasteiger partial charge in [-0.2, -0.15) is 0 Å². The lowest BCUT2D eigenvalue weighted by Gasteiger charge is -2.25. The van der Waals surface area contributed by atoms with E-state index in [9.17, 15) is 18.4 Å². The molecule has 0 bridgehead atoms. The van der Waals surface area contributed by atoms with Crippen LogP contribution in [0.25, 0.3) is 0 Å². The molecule has 0 spiro atoms. The highest BCUT2D eigenvalue weighted by atomic mass is 35.5. The molecule has 0 saturated heterocycles. The highest BCUT2D eigenvalue weighted by molar-refractivity contribution is 6.05. The third-order valence-electron chi connectivity index (χ3n) is 4.84. The zero-order valence-corrected chi connectivity index (χ0v) is 15.1. The van der Waals surface area contributed by atoms with Crippen molar-refractivity contribution in [3.63, 3.8) is 0 Å². The lowest BCUT2D eigenvalue weighted by molar-refractivity contribution is -0.123. The highest BCUT2D eigenvalue weighted by Crippen LogP contribution is 2.34. The van der Waals surface area contributed by atoms with Gasteiger partial charge in [-0.3, -0.25) is 9.59 Å². The Labute approximate surface area is 160 Å². The summed E-state index contributed by atoms with van der Waals surface area (Å²) in [5, 5.41) is 8.33. The van der Waals surface area contributed by atoms with Crippen LogP contribution in [0.4, 0.5) is 20.2 Å². The van der Waals surface area contributed by atoms with Gasteiger partial charge >= 0.3 is 0 Å². The summed E-state index contributed by atoms with van der Waals surface area (Å²) in [6, 6.07) is 7.22. The zero-order chi connectivity index (χ0) is 18.3. The normalized spacial score (nSPS) is 17.9. The van der Waals surface area contributed by atoms with Crippen LogP contribution in [0.5, 0.6) is 0 Å². The minimum atomic E-state index is -0.795. The number of hydrogen-bond acceptors (Lipinski definition) is 3. The molecule has 0 saturated carbocycles. The van der Waals surface area contributed by atoms with E-state index in [2.05, 4.69) is 16.0 Å². The first-order valence-electron chi connectivity index (χ1n) is 8.44. The van der Waals surface area contributed by atoms with Crippen LogP contribution in [-0.4, -0.2) is 18.4 Å². The first-order valence-corrected chi connectivity index (χ1v) is 8.44. The molecule has 0 fully saturated rings. The molecule has 2 aromatic rings. The summed E-state index contributed by atoms with van der Waals surface area (Å²) in [6.07, 6.45) is 0.486. The molecular formula is C19H18ClF2N3O2. The summed E-state index contributed by atoms with van der Waals surface area (Å²) in [6.45, 7) is 1.28. The van der Waals surface area contributed by atoms with Crippen molar-refractivity contribution in [2.24, 2.45) is 0 Å². The summed E-state index contributed by atoms with van der Waals surface area (Å²) in [4.78, 5) is 24.6. The summed E-state index contributed by atoms with van der Waals surface area (Å²) in [5.41, 5.74) is 2.38. The fourth-order valence-corrected chi connectivity index (χ4v) is 3.52. The molecule has 27 heavy (non-hydrogen) atoms. The second-order valence-electron chi connectivity index (χ2n) is 6.52. The first-order chi connectivity index (χ1) is 12.5. The monoisotopic (exact) mass is 393 g/mol. The van der Waals surface area contributed by atoms with Gasteiger partial charge in [0.2, 0.25) is 11.8 Å². The second kappa shape index (κ2) is 7.62. The summed E-state index contributed by atoms with van der Waals surface area (Å²) in [5.74, 6) is -2.59. The van der Waals surface area contributed by atoms with Gasteiger partial charge in [0.1, 0.15) is 11.6 Å². The van der Waals surface area contributed by atoms with E-state index in [4.69, 9.17) is 0 Å². The van der Waals surface area contributed by atoms with Crippen LogP contribution < -0.4 is 16.0 Å². The largest absolute Gasteiger partial charge is 0.326 e. The van der Waals surface area contributed by atoms with Gasteiger partial charge < -0.3 is 16.0 Å². The van der Waals surface area contributed by atoms with Crippen LogP contribution in [0.15, 0.2) is 30.3 Å². The number of halogens is 3. The summed E-state index contributed by atoms with van der Waals surface area (Å²) < 4.78 is 28.1. The van der Waals surface area contributed by atoms with Crippen molar-refractivity contribution in [1.29, 1.82) is 0 Å². The molecule has 142 valence electrons. The van der Waals surface area contributed by atoms with Crippen molar-refractivity contribution in [3.8, 4) is 0 Å². The van der Waals surface area contributed by atoms with Gasteiger partial charge in [-0.05, 0) is 47.9 Å². The summed E-state index contributed by atoms with van der Waals surface area (Å²) in [7, 11) is 0. The second-order valence-corrected chi connectivity index (χ2v) is 6.52. The van der Waals surface area contributed by atoms with Gasteiger partial charge in [0.25, 0.3) is 0 Å². The maximum atomic E-state index is 14.7. The molecule has 2 aliphatic heterocycles. The first kappa shape index (κ1) is 19.3. The number of anilines is 2. The quantitative estimate of drug-likeness (QED) is 0.734. The van der Waals surface area contributed by atoms with Crippen LogP contribution in [0.3, 0.4) is 0 Å². The lowest BCUT2D eigenvalue weighted by atomic mass is 9.89. The van der Waals surface area contributed by atoms with Gasteiger partial charge in [0.05, 0.1) is 11.6 Å². The molecule has 2 aromatic carbocycles. The molecule has 0 aliphatic carbocycles. The number of hydrogen-bond donors (Lipinski definition) is 3. The zero-order valence-electron chi connectivity index (χ0n) is 14.3. The average molecular weight is 394 g/mol. The van der Waals surface area contributed by atoms with Crippen molar-refractivity contribution < 1.29 is 18.4 Å². The predicted molar refractivity (Wildman–Crippen MR) is 100 cm³/mol. The molecule has 0 radical (unpaired) electrons. The molecule has 5 nitrogen and oxygen atoms in total. The maximum Gasteiger partial charge on any atom is 0.232 e. The fourth-order valence-electron chi connectivity index (χ4n) is 3.52. The number of benzene rings is 2. The fraction of sp³-hybridized carbons (Fsp3) is 0.263. The molecule has 1 atom stereocenters. The van der Waals surface area contributed by atoms with Gasteiger partial charge in [0.15, 0.2) is 0 Å². The Morgan fingerprint density at radius 3 is 2.81 bits per heavy atom. The van der Waals surface area contributed by atoms with E-state index in [-0.39, 0.29) is 36.1 Å². The standard InChI is InChI=1S/C19H17F2N3O2.ClH/c20-11-2-3-13-14(8-17(25)23-16(13)7-11)19(26)24-15-4-1-10-9-22-6-5-12(10)18(15)21;/h1-4,7,14,22H,5-6,8-9H2,(H,23,25)(H,24,26);1H. The molecular weight excluding hydrogens is 376 g/mol. The van der Waals surface area contributed by atoms with Gasteiger partial charge in [0, 0.05) is 18.7 Å². The van der Waals surface area contributed by atoms with Crippen molar-refractivity contribution in [2.45, 2.75) is 25.3 Å². The average Bonchev–Trinajstić information content (AvgIpc) is 2.63. The van der Waals surface area contributed by atoms with E-state index in [0.717, 1.165) is 5.56 Å². The van der Waals surface area contributed by atoms with E-state index in [1.54, 1.807) is 6.07 Å². The van der Waals surface area contributed by atoms with Gasteiger partial charge in [-0.15, -0.1) is 12.4 Å². The minimum absolute atomic E-state index is 0. The third-order valence-corrected chi connectivity index (χ3v) is 4.84. The molecule has 2 amide bonds. The molecule has 2 aliphatic rings. The number of fused-ring (bicyclic) bond motifs is 2. The van der Waals surface area contributed by atoms with Crippen LogP contribution >= 0.6 is 12.4 Å². The Morgan fingerprint density at radius 2 is 2.00 bits per heavy atom. The van der Waals surface area contributed by atoms with Crippen molar-refractivity contribution in [1.82, 2.24) is 5.32 Å². The topological polar surface area (TPSA) is 70.2 Å². The Balaban J connectivity index is 0.00000210. The highest BCUT2D eigenvalue weighted by Gasteiger charge is 2.31. The van der Waals surface area contributed by atoms with Crippen molar-refractivity contribution >= 4 is 35.6 Å². The van der Waals surface area contributed by atoms with E-state index in [1.807, 2.05) is 0 Å². The van der Waals surface area contributed by atoms with Crippen molar-refractivity contribution in [2.75, 3.05) is 17.2 Å². The summed E-state index contributed by atoms with van der Waals surface area (Å²) >= 11 is 0. The van der Waals surface area contributed by atoms with Crippen LogP contribution in [0.1, 0.15) is 29.0 Å². The molecule has 2 heterocycles. The molecule has 8 heteroatoms. The Hall–Kier alpha value is -2.51. The van der Waals surface area contributed by atoms with Crippen LogP contribution in [0.2, 0.25) is 0 Å². The minimum Gasteiger partial charge on any atom is -0.326 e.